The fourth-order valence-corrected chi connectivity index (χ4v) is 2.05. The molecule has 0 radical (unpaired) electrons. The van der Waals surface area contributed by atoms with E-state index in [1.165, 1.54) is 0 Å². The molecule has 0 aliphatic carbocycles. The molecule has 84 valence electrons. The average Bonchev–Trinajstić information content (AvgIpc) is 2.35. The lowest BCUT2D eigenvalue weighted by Crippen LogP contribution is -2.23. The van der Waals surface area contributed by atoms with Crippen LogP contribution < -0.4 is 11.1 Å². The summed E-state index contributed by atoms with van der Waals surface area (Å²) in [5.41, 5.74) is 8.35. The second-order valence-corrected chi connectivity index (χ2v) is 3.99. The minimum absolute atomic E-state index is 0.442. The Morgan fingerprint density at radius 2 is 2.18 bits per heavy atom. The van der Waals surface area contributed by atoms with Crippen molar-refractivity contribution in [2.45, 2.75) is 6.54 Å². The van der Waals surface area contributed by atoms with E-state index in [4.69, 9.17) is 5.73 Å². The van der Waals surface area contributed by atoms with E-state index in [-0.39, 0.29) is 0 Å². The van der Waals surface area contributed by atoms with Crippen LogP contribution >= 0.6 is 0 Å². The van der Waals surface area contributed by atoms with E-state index in [9.17, 15) is 4.79 Å². The number of hydrogen-bond acceptors (Lipinski definition) is 3. The van der Waals surface area contributed by atoms with E-state index in [1.54, 1.807) is 6.20 Å². The molecule has 1 aliphatic rings. The molecular weight excluding hydrogens is 214 g/mol. The molecule has 1 aromatic carbocycles. The molecule has 17 heavy (non-hydrogen) atoms. The van der Waals surface area contributed by atoms with Crippen LogP contribution in [0.2, 0.25) is 0 Å². The zero-order valence-electron chi connectivity index (χ0n) is 9.10. The molecule has 0 atom stereocenters. The second kappa shape index (κ2) is 3.59. The first-order valence-corrected chi connectivity index (χ1v) is 5.38. The average molecular weight is 225 g/mol. The first-order valence-electron chi connectivity index (χ1n) is 5.38. The lowest BCUT2D eigenvalue weighted by molar-refractivity contribution is -0.112. The van der Waals surface area contributed by atoms with Gasteiger partial charge < -0.3 is 11.1 Å². The van der Waals surface area contributed by atoms with Crippen LogP contribution in [0.3, 0.4) is 0 Å². The minimum Gasteiger partial charge on any atom is -0.386 e. The van der Waals surface area contributed by atoms with Gasteiger partial charge in [0.1, 0.15) is 0 Å². The summed E-state index contributed by atoms with van der Waals surface area (Å²) in [6.07, 6.45) is 1.63. The van der Waals surface area contributed by atoms with Gasteiger partial charge >= 0.3 is 0 Å². The van der Waals surface area contributed by atoms with Gasteiger partial charge in [-0.2, -0.15) is 0 Å². The molecule has 4 heteroatoms. The Labute approximate surface area is 98.1 Å². The van der Waals surface area contributed by atoms with Gasteiger partial charge in [0.25, 0.3) is 5.91 Å². The topological polar surface area (TPSA) is 68.0 Å². The molecule has 0 saturated carbocycles. The van der Waals surface area contributed by atoms with Crippen molar-refractivity contribution < 1.29 is 4.79 Å². The molecule has 4 nitrogen and oxygen atoms in total. The van der Waals surface area contributed by atoms with Gasteiger partial charge in [-0.05, 0) is 17.7 Å². The number of carbonyl (C=O) groups is 1. The molecule has 3 rings (SSSR count). The number of carbonyl (C=O) groups excluding carboxylic acids is 1. The van der Waals surface area contributed by atoms with E-state index in [2.05, 4.69) is 10.3 Å². The first kappa shape index (κ1) is 9.84. The third kappa shape index (κ3) is 1.54. The Morgan fingerprint density at radius 1 is 1.35 bits per heavy atom. The van der Waals surface area contributed by atoms with Crippen molar-refractivity contribution in [3.63, 3.8) is 0 Å². The van der Waals surface area contributed by atoms with Gasteiger partial charge in [0.2, 0.25) is 0 Å². The summed E-state index contributed by atoms with van der Waals surface area (Å²) in [4.78, 5) is 15.8. The van der Waals surface area contributed by atoms with Crippen LogP contribution in [-0.2, 0) is 11.3 Å². The summed E-state index contributed by atoms with van der Waals surface area (Å²) in [7, 11) is 0. The van der Waals surface area contributed by atoms with Gasteiger partial charge in [-0.3, -0.25) is 4.79 Å². The van der Waals surface area contributed by atoms with E-state index in [1.807, 2.05) is 30.3 Å². The lowest BCUT2D eigenvalue weighted by atomic mass is 10.0. The number of nitrogens with two attached hydrogens (primary N) is 1. The molecule has 3 N–H and O–H groups in total. The van der Waals surface area contributed by atoms with Crippen LogP contribution in [0.1, 0.15) is 11.3 Å². The number of para-hydroxylation sites is 1. The highest BCUT2D eigenvalue weighted by atomic mass is 16.1. The van der Waals surface area contributed by atoms with Gasteiger partial charge in [-0.25, -0.2) is 4.98 Å². The van der Waals surface area contributed by atoms with Gasteiger partial charge in [0.15, 0.2) is 0 Å². The van der Waals surface area contributed by atoms with Gasteiger partial charge in [-0.15, -0.1) is 0 Å². The maximum absolute atomic E-state index is 11.3. The van der Waals surface area contributed by atoms with Gasteiger partial charge in [-0.1, -0.05) is 18.2 Å². The Kier molecular flexibility index (Phi) is 2.08. The van der Waals surface area contributed by atoms with Crippen LogP contribution in [0.4, 0.5) is 0 Å². The second-order valence-electron chi connectivity index (χ2n) is 3.99. The molecule has 0 saturated heterocycles. The van der Waals surface area contributed by atoms with E-state index in [0.29, 0.717) is 17.8 Å². The quantitative estimate of drug-likeness (QED) is 0.765. The van der Waals surface area contributed by atoms with E-state index >= 15 is 0 Å². The highest BCUT2D eigenvalue weighted by molar-refractivity contribution is 6.19. The monoisotopic (exact) mass is 225 g/mol. The predicted molar refractivity (Wildman–Crippen MR) is 65.8 cm³/mol. The number of fused-ring (bicyclic) bond motifs is 2. The first-order chi connectivity index (χ1) is 8.25. The van der Waals surface area contributed by atoms with Crippen molar-refractivity contribution in [2.75, 3.05) is 0 Å². The fourth-order valence-electron chi connectivity index (χ4n) is 2.05. The standard InChI is InChI=1S/C13H11N3O/c14-13(17)10-7-15-6-9-5-8-3-1-2-4-11(8)16-12(9)10/h1-5,7,15H,6H2,(H2,14,17). The normalized spacial score (nSPS) is 13.8. The lowest BCUT2D eigenvalue weighted by Gasteiger charge is -2.16. The fraction of sp³-hybridized carbons (Fsp3) is 0.0769. The summed E-state index contributed by atoms with van der Waals surface area (Å²) in [5.74, 6) is -0.457. The smallest absolute Gasteiger partial charge is 0.252 e. The summed E-state index contributed by atoms with van der Waals surface area (Å²) in [6, 6.07) is 9.87. The molecule has 0 spiro atoms. The Bertz CT molecular complexity index is 646. The number of nitrogens with zero attached hydrogens (tertiary/aromatic N) is 1. The van der Waals surface area contributed by atoms with E-state index < -0.39 is 5.91 Å². The molecule has 0 unspecified atom stereocenters. The molecule has 0 bridgehead atoms. The molecule has 1 amide bonds. The number of nitrogens with one attached hydrogen (secondary N) is 1. The number of aromatic nitrogens is 1. The minimum atomic E-state index is -0.457. The third-order valence-corrected chi connectivity index (χ3v) is 2.86. The largest absolute Gasteiger partial charge is 0.386 e. The number of primary amides is 1. The summed E-state index contributed by atoms with van der Waals surface area (Å²) in [5, 5.41) is 4.10. The van der Waals surface area contributed by atoms with Crippen LogP contribution in [0.5, 0.6) is 0 Å². The molecule has 2 heterocycles. The number of rotatable bonds is 1. The van der Waals surface area contributed by atoms with E-state index in [0.717, 1.165) is 16.5 Å². The summed E-state index contributed by atoms with van der Waals surface area (Å²) < 4.78 is 0. The SMILES string of the molecule is NC(=O)C1=CNCc2cc3ccccc3nc21. The summed E-state index contributed by atoms with van der Waals surface area (Å²) >= 11 is 0. The number of hydrogen-bond donors (Lipinski definition) is 2. The molecule has 2 aromatic rings. The maximum Gasteiger partial charge on any atom is 0.252 e. The van der Waals surface area contributed by atoms with Crippen LogP contribution in [0.25, 0.3) is 16.5 Å². The number of benzene rings is 1. The van der Waals surface area contributed by atoms with Crippen molar-refractivity contribution in [3.05, 3.63) is 47.8 Å². The van der Waals surface area contributed by atoms with Crippen molar-refractivity contribution in [1.29, 1.82) is 0 Å². The van der Waals surface area contributed by atoms with Gasteiger partial charge in [0, 0.05) is 18.1 Å². The van der Waals surface area contributed by atoms with Crippen molar-refractivity contribution in [3.8, 4) is 0 Å². The summed E-state index contributed by atoms with van der Waals surface area (Å²) in [6.45, 7) is 0.671. The Balaban J connectivity index is 2.28. The van der Waals surface area contributed by atoms with Crippen LogP contribution in [-0.4, -0.2) is 10.9 Å². The molecule has 1 aliphatic heterocycles. The Morgan fingerprint density at radius 3 is 3.00 bits per heavy atom. The highest BCUT2D eigenvalue weighted by Crippen LogP contribution is 2.24. The third-order valence-electron chi connectivity index (χ3n) is 2.86. The molecule has 0 fully saturated rings. The van der Waals surface area contributed by atoms with Crippen molar-refractivity contribution >= 4 is 22.4 Å². The van der Waals surface area contributed by atoms with Gasteiger partial charge in [0.05, 0.1) is 16.8 Å². The molecule has 1 aromatic heterocycles. The zero-order valence-corrected chi connectivity index (χ0v) is 9.10. The zero-order chi connectivity index (χ0) is 11.8. The Hall–Kier alpha value is -2.36. The highest BCUT2D eigenvalue weighted by Gasteiger charge is 2.18. The van der Waals surface area contributed by atoms with Crippen LogP contribution in [0.15, 0.2) is 36.5 Å². The molecular formula is C13H11N3O. The van der Waals surface area contributed by atoms with Crippen LogP contribution in [0, 0.1) is 0 Å². The number of amides is 1. The maximum atomic E-state index is 11.3. The number of pyridine rings is 1. The predicted octanol–water partition coefficient (Wildman–Crippen LogP) is 1.16. The van der Waals surface area contributed by atoms with Crippen molar-refractivity contribution in [1.82, 2.24) is 10.3 Å². The van der Waals surface area contributed by atoms with Crippen molar-refractivity contribution in [2.24, 2.45) is 5.73 Å².